The van der Waals surface area contributed by atoms with Crippen molar-refractivity contribution < 1.29 is 8.42 Å². The average molecular weight is 339 g/mol. The van der Waals surface area contributed by atoms with Crippen molar-refractivity contribution in [2.24, 2.45) is 0 Å². The Morgan fingerprint density at radius 3 is 2.43 bits per heavy atom. The number of benzene rings is 1. The van der Waals surface area contributed by atoms with Gasteiger partial charge in [0.2, 0.25) is 0 Å². The van der Waals surface area contributed by atoms with Gasteiger partial charge < -0.3 is 5.32 Å². The second-order valence-electron chi connectivity index (χ2n) is 6.72. The van der Waals surface area contributed by atoms with Gasteiger partial charge in [-0.25, -0.2) is 8.42 Å². The minimum atomic E-state index is -3.00. The Labute approximate surface area is 141 Å². The lowest BCUT2D eigenvalue weighted by molar-refractivity contribution is -0.0222. The quantitative estimate of drug-likeness (QED) is 0.865. The number of hydrogen-bond donors (Lipinski definition) is 1. The van der Waals surface area contributed by atoms with Crippen molar-refractivity contribution in [3.63, 3.8) is 0 Å². The Morgan fingerprint density at radius 1 is 1.26 bits per heavy atom. The van der Waals surface area contributed by atoms with Crippen LogP contribution in [0.15, 0.2) is 30.3 Å². The molecule has 130 valence electrons. The van der Waals surface area contributed by atoms with Crippen LogP contribution in [-0.4, -0.2) is 51.0 Å². The third kappa shape index (κ3) is 3.78. The third-order valence-corrected chi connectivity index (χ3v) is 6.26. The van der Waals surface area contributed by atoms with Gasteiger partial charge in [0.25, 0.3) is 0 Å². The van der Waals surface area contributed by atoms with Gasteiger partial charge in [-0.15, -0.1) is 0 Å². The average Bonchev–Trinajstić information content (AvgIpc) is 2.53. The van der Waals surface area contributed by atoms with Gasteiger partial charge in [-0.05, 0) is 45.3 Å². The molecule has 0 bridgehead atoms. The summed E-state index contributed by atoms with van der Waals surface area (Å²) in [5.41, 5.74) is 0.947. The molecule has 3 unspecified atom stereocenters. The molecule has 3 atom stereocenters. The highest BCUT2D eigenvalue weighted by molar-refractivity contribution is 7.90. The van der Waals surface area contributed by atoms with Crippen molar-refractivity contribution in [3.8, 4) is 0 Å². The molecule has 1 N–H and O–H groups in total. The van der Waals surface area contributed by atoms with E-state index >= 15 is 0 Å². The highest BCUT2D eigenvalue weighted by Gasteiger charge is 2.48. The maximum absolute atomic E-state index is 11.9. The van der Waals surface area contributed by atoms with Gasteiger partial charge in [0, 0.05) is 18.3 Å². The van der Waals surface area contributed by atoms with Crippen molar-refractivity contribution in [1.82, 2.24) is 10.2 Å². The molecule has 0 aliphatic carbocycles. The summed E-state index contributed by atoms with van der Waals surface area (Å²) in [6, 6.07) is 11.1. The summed E-state index contributed by atoms with van der Waals surface area (Å²) in [5.74, 6) is 0.212. The molecular formula is C18H30N2O2S. The minimum absolute atomic E-state index is 0.212. The van der Waals surface area contributed by atoms with Crippen LogP contribution in [0.4, 0.5) is 0 Å². The van der Waals surface area contributed by atoms with E-state index in [2.05, 4.69) is 48.3 Å². The first-order chi connectivity index (χ1) is 10.8. The van der Waals surface area contributed by atoms with E-state index in [1.807, 2.05) is 13.1 Å². The van der Waals surface area contributed by atoms with E-state index < -0.39 is 9.84 Å². The molecule has 1 aliphatic heterocycles. The fraction of sp³-hybridized carbons (Fsp3) is 0.667. The standard InChI is InChI=1S/C18H30N2O2S/c1-5-20-15(2)11-12-17(19-3)18(20,13-14-23(4,21)22)16-9-7-6-8-10-16/h6-10,15,17,19H,5,11-14H2,1-4H3. The number of piperidine rings is 1. The van der Waals surface area contributed by atoms with Crippen LogP contribution < -0.4 is 5.32 Å². The minimum Gasteiger partial charge on any atom is -0.315 e. The van der Waals surface area contributed by atoms with Crippen LogP contribution in [0, 0.1) is 0 Å². The molecule has 1 aromatic carbocycles. The number of likely N-dealkylation sites (tertiary alicyclic amines) is 1. The predicted molar refractivity (Wildman–Crippen MR) is 96.4 cm³/mol. The lowest BCUT2D eigenvalue weighted by Gasteiger charge is -2.55. The highest BCUT2D eigenvalue weighted by Crippen LogP contribution is 2.43. The van der Waals surface area contributed by atoms with E-state index in [0.29, 0.717) is 12.5 Å². The molecule has 1 heterocycles. The largest absolute Gasteiger partial charge is 0.315 e. The van der Waals surface area contributed by atoms with Gasteiger partial charge in [0.05, 0.1) is 11.3 Å². The summed E-state index contributed by atoms with van der Waals surface area (Å²) >= 11 is 0. The summed E-state index contributed by atoms with van der Waals surface area (Å²) in [5, 5.41) is 3.48. The highest BCUT2D eigenvalue weighted by atomic mass is 32.2. The summed E-state index contributed by atoms with van der Waals surface area (Å²) in [4.78, 5) is 2.50. The van der Waals surface area contributed by atoms with Gasteiger partial charge in [-0.3, -0.25) is 4.90 Å². The number of sulfone groups is 1. The number of nitrogens with one attached hydrogen (secondary N) is 1. The zero-order chi connectivity index (χ0) is 17.1. The Bertz CT molecular complexity index is 603. The molecule has 0 amide bonds. The molecule has 23 heavy (non-hydrogen) atoms. The Morgan fingerprint density at radius 2 is 1.91 bits per heavy atom. The van der Waals surface area contributed by atoms with Gasteiger partial charge in [0.1, 0.15) is 9.84 Å². The number of likely N-dealkylation sites (N-methyl/N-ethyl adjacent to an activating group) is 2. The van der Waals surface area contributed by atoms with E-state index in [4.69, 9.17) is 0 Å². The Balaban J connectivity index is 2.56. The third-order valence-electron chi connectivity index (χ3n) is 5.31. The zero-order valence-corrected chi connectivity index (χ0v) is 15.6. The normalized spacial score (nSPS) is 29.6. The van der Waals surface area contributed by atoms with E-state index in [9.17, 15) is 8.42 Å². The van der Waals surface area contributed by atoms with Crippen molar-refractivity contribution in [2.75, 3.05) is 25.6 Å². The molecule has 0 aromatic heterocycles. The molecular weight excluding hydrogens is 308 g/mol. The second kappa shape index (κ2) is 7.32. The maximum Gasteiger partial charge on any atom is 0.147 e. The first-order valence-corrected chi connectivity index (χ1v) is 10.6. The smallest absolute Gasteiger partial charge is 0.147 e. The number of hydrogen-bond acceptors (Lipinski definition) is 4. The zero-order valence-electron chi connectivity index (χ0n) is 14.7. The predicted octanol–water partition coefficient (Wildman–Crippen LogP) is 2.41. The van der Waals surface area contributed by atoms with Crippen LogP contribution in [0.2, 0.25) is 0 Å². The summed E-state index contributed by atoms with van der Waals surface area (Å²) in [6.45, 7) is 5.35. The van der Waals surface area contributed by atoms with E-state index in [1.165, 1.54) is 11.8 Å². The van der Waals surface area contributed by atoms with Crippen molar-refractivity contribution in [3.05, 3.63) is 35.9 Å². The molecule has 0 radical (unpaired) electrons. The van der Waals surface area contributed by atoms with Crippen molar-refractivity contribution >= 4 is 9.84 Å². The SMILES string of the molecule is CCN1C(C)CCC(NC)C1(CCS(C)(=O)=O)c1ccccc1. The van der Waals surface area contributed by atoms with E-state index in [-0.39, 0.29) is 17.3 Å². The van der Waals surface area contributed by atoms with Crippen LogP contribution in [-0.2, 0) is 15.4 Å². The van der Waals surface area contributed by atoms with Gasteiger partial charge in [0.15, 0.2) is 0 Å². The summed E-state index contributed by atoms with van der Waals surface area (Å²) < 4.78 is 23.8. The molecule has 1 fully saturated rings. The molecule has 2 rings (SSSR count). The molecule has 1 saturated heterocycles. The molecule has 1 aliphatic rings. The lowest BCUT2D eigenvalue weighted by atomic mass is 9.72. The Kier molecular flexibility index (Phi) is 5.87. The number of rotatable bonds is 6. The fourth-order valence-electron chi connectivity index (χ4n) is 4.27. The van der Waals surface area contributed by atoms with Gasteiger partial charge in [-0.1, -0.05) is 37.3 Å². The summed E-state index contributed by atoms with van der Waals surface area (Å²) in [7, 11) is -1.01. The van der Waals surface area contributed by atoms with Crippen molar-refractivity contribution in [2.45, 2.75) is 50.7 Å². The van der Waals surface area contributed by atoms with Crippen LogP contribution in [0.3, 0.4) is 0 Å². The van der Waals surface area contributed by atoms with Crippen LogP contribution >= 0.6 is 0 Å². The number of nitrogens with zero attached hydrogens (tertiary/aromatic N) is 1. The van der Waals surface area contributed by atoms with Crippen LogP contribution in [0.1, 0.15) is 38.7 Å². The van der Waals surface area contributed by atoms with E-state index in [0.717, 1.165) is 19.4 Å². The fourth-order valence-corrected chi connectivity index (χ4v) is 4.95. The van der Waals surface area contributed by atoms with Crippen LogP contribution in [0.5, 0.6) is 0 Å². The molecule has 4 nitrogen and oxygen atoms in total. The maximum atomic E-state index is 11.9. The monoisotopic (exact) mass is 338 g/mol. The summed E-state index contributed by atoms with van der Waals surface area (Å²) in [6.07, 6.45) is 4.15. The first kappa shape index (κ1) is 18.4. The van der Waals surface area contributed by atoms with Crippen LogP contribution in [0.25, 0.3) is 0 Å². The topological polar surface area (TPSA) is 49.4 Å². The molecule has 0 spiro atoms. The van der Waals surface area contributed by atoms with Gasteiger partial charge in [-0.2, -0.15) is 0 Å². The first-order valence-electron chi connectivity index (χ1n) is 8.52. The molecule has 5 heteroatoms. The van der Waals surface area contributed by atoms with E-state index in [1.54, 1.807) is 0 Å². The lowest BCUT2D eigenvalue weighted by Crippen LogP contribution is -2.64. The molecule has 1 aromatic rings. The van der Waals surface area contributed by atoms with Gasteiger partial charge >= 0.3 is 0 Å². The second-order valence-corrected chi connectivity index (χ2v) is 8.98. The Hall–Kier alpha value is -0.910. The molecule has 0 saturated carbocycles. The van der Waals surface area contributed by atoms with Crippen molar-refractivity contribution in [1.29, 1.82) is 0 Å².